The molecule has 0 aliphatic carbocycles. The third-order valence-corrected chi connectivity index (χ3v) is 1.91. The van der Waals surface area contributed by atoms with E-state index in [4.69, 9.17) is 0 Å². The van der Waals surface area contributed by atoms with E-state index in [0.29, 0.717) is 23.7 Å². The second kappa shape index (κ2) is 4.77. The molecule has 1 aromatic heterocycles. The lowest BCUT2D eigenvalue weighted by molar-refractivity contribution is 0.0948. The minimum Gasteiger partial charge on any atom is -0.352 e. The number of pyridine rings is 1. The average Bonchev–Trinajstić information content (AvgIpc) is 2.12. The van der Waals surface area contributed by atoms with Crippen LogP contribution in [-0.2, 0) is 0 Å². The summed E-state index contributed by atoms with van der Waals surface area (Å²) in [5.41, 5.74) is 0.860. The lowest BCUT2D eigenvalue weighted by Gasteiger charge is -2.07. The fourth-order valence-corrected chi connectivity index (χ4v) is 1.21. The first-order valence-electron chi connectivity index (χ1n) is 4.98. The Morgan fingerprint density at radius 1 is 1.47 bits per heavy atom. The molecule has 0 aliphatic heterocycles. The van der Waals surface area contributed by atoms with Crippen molar-refractivity contribution in [2.45, 2.75) is 20.8 Å². The first kappa shape index (κ1) is 11.5. The molecule has 0 bridgehead atoms. The Kier molecular flexibility index (Phi) is 3.66. The molecule has 1 amide bonds. The van der Waals surface area contributed by atoms with Gasteiger partial charge >= 0.3 is 0 Å². The highest BCUT2D eigenvalue weighted by atomic mass is 16.2. The van der Waals surface area contributed by atoms with Crippen molar-refractivity contribution in [3.05, 3.63) is 33.7 Å². The summed E-state index contributed by atoms with van der Waals surface area (Å²) in [6.07, 6.45) is 0. The van der Waals surface area contributed by atoms with Gasteiger partial charge in [-0.3, -0.25) is 9.59 Å². The number of aryl methyl sites for hydroxylation is 1. The Hall–Kier alpha value is -1.58. The fourth-order valence-electron chi connectivity index (χ4n) is 1.21. The van der Waals surface area contributed by atoms with Crippen LogP contribution >= 0.6 is 0 Å². The van der Waals surface area contributed by atoms with E-state index in [-0.39, 0.29) is 11.5 Å². The van der Waals surface area contributed by atoms with Gasteiger partial charge in [-0.1, -0.05) is 13.8 Å². The molecule has 0 aliphatic rings. The maximum atomic E-state index is 11.6. The lowest BCUT2D eigenvalue weighted by Crippen LogP contribution is -2.28. The standard InChI is InChI=1S/C11H16N2O2/c1-7(2)6-12-11(15)9-4-8(3)13-10(14)5-9/h4-5,7H,6H2,1-3H3,(H,12,15)(H,13,14). The Morgan fingerprint density at radius 3 is 2.67 bits per heavy atom. The van der Waals surface area contributed by atoms with Crippen molar-refractivity contribution in [2.24, 2.45) is 5.92 Å². The van der Waals surface area contributed by atoms with Gasteiger partial charge in [0.1, 0.15) is 0 Å². The third-order valence-electron chi connectivity index (χ3n) is 1.91. The van der Waals surface area contributed by atoms with E-state index in [1.807, 2.05) is 13.8 Å². The number of aromatic nitrogens is 1. The summed E-state index contributed by atoms with van der Waals surface area (Å²) in [6.45, 7) is 6.40. The van der Waals surface area contributed by atoms with E-state index in [1.54, 1.807) is 13.0 Å². The van der Waals surface area contributed by atoms with Crippen LogP contribution in [0.4, 0.5) is 0 Å². The van der Waals surface area contributed by atoms with E-state index in [1.165, 1.54) is 6.07 Å². The molecule has 0 atom stereocenters. The van der Waals surface area contributed by atoms with Crippen LogP contribution in [0.15, 0.2) is 16.9 Å². The van der Waals surface area contributed by atoms with E-state index in [9.17, 15) is 9.59 Å². The molecule has 15 heavy (non-hydrogen) atoms. The maximum absolute atomic E-state index is 11.6. The highest BCUT2D eigenvalue weighted by Gasteiger charge is 2.06. The van der Waals surface area contributed by atoms with Gasteiger partial charge in [0.05, 0.1) is 0 Å². The first-order chi connectivity index (χ1) is 6.99. The Bertz CT molecular complexity index is 407. The summed E-state index contributed by atoms with van der Waals surface area (Å²) in [5.74, 6) is 0.204. The molecule has 1 aromatic rings. The first-order valence-corrected chi connectivity index (χ1v) is 4.98. The third kappa shape index (κ3) is 3.58. The summed E-state index contributed by atoms with van der Waals surface area (Å²) in [7, 11) is 0. The molecule has 0 spiro atoms. The number of hydrogen-bond acceptors (Lipinski definition) is 2. The fraction of sp³-hybridized carbons (Fsp3) is 0.455. The van der Waals surface area contributed by atoms with Gasteiger partial charge in [0.25, 0.3) is 5.91 Å². The van der Waals surface area contributed by atoms with Crippen molar-refractivity contribution in [2.75, 3.05) is 6.54 Å². The molecule has 1 rings (SSSR count). The van der Waals surface area contributed by atoms with E-state index < -0.39 is 0 Å². The Labute approximate surface area is 88.7 Å². The van der Waals surface area contributed by atoms with Crippen molar-refractivity contribution in [1.29, 1.82) is 0 Å². The average molecular weight is 208 g/mol. The van der Waals surface area contributed by atoms with Gasteiger partial charge in [-0.15, -0.1) is 0 Å². The zero-order valence-electron chi connectivity index (χ0n) is 9.26. The van der Waals surface area contributed by atoms with Crippen molar-refractivity contribution < 1.29 is 4.79 Å². The monoisotopic (exact) mass is 208 g/mol. The largest absolute Gasteiger partial charge is 0.352 e. The number of carbonyl (C=O) groups excluding carboxylic acids is 1. The molecule has 82 valence electrons. The van der Waals surface area contributed by atoms with Crippen LogP contribution in [0.1, 0.15) is 29.9 Å². The molecule has 0 fully saturated rings. The molecule has 4 nitrogen and oxygen atoms in total. The second-order valence-electron chi connectivity index (χ2n) is 4.02. The number of rotatable bonds is 3. The predicted molar refractivity (Wildman–Crippen MR) is 59.0 cm³/mol. The van der Waals surface area contributed by atoms with Gasteiger partial charge in [-0.05, 0) is 18.9 Å². The minimum atomic E-state index is -0.246. The van der Waals surface area contributed by atoms with E-state index in [2.05, 4.69) is 10.3 Å². The van der Waals surface area contributed by atoms with Crippen LogP contribution in [0.5, 0.6) is 0 Å². The Balaban J connectivity index is 2.78. The topological polar surface area (TPSA) is 62.0 Å². The molecule has 0 saturated heterocycles. The van der Waals surface area contributed by atoms with Crippen LogP contribution < -0.4 is 10.9 Å². The summed E-state index contributed by atoms with van der Waals surface area (Å²) in [6, 6.07) is 2.97. The second-order valence-corrected chi connectivity index (χ2v) is 4.02. The zero-order chi connectivity index (χ0) is 11.4. The van der Waals surface area contributed by atoms with Gasteiger partial charge in [0.15, 0.2) is 0 Å². The molecule has 0 aromatic carbocycles. The lowest BCUT2D eigenvalue weighted by atomic mass is 10.2. The van der Waals surface area contributed by atoms with Gasteiger partial charge in [-0.2, -0.15) is 0 Å². The van der Waals surface area contributed by atoms with Crippen molar-refractivity contribution in [3.8, 4) is 0 Å². The van der Waals surface area contributed by atoms with Gasteiger partial charge in [0.2, 0.25) is 5.56 Å². The quantitative estimate of drug-likeness (QED) is 0.780. The number of H-pyrrole nitrogens is 1. The van der Waals surface area contributed by atoms with Crippen molar-refractivity contribution in [3.63, 3.8) is 0 Å². The number of nitrogens with one attached hydrogen (secondary N) is 2. The molecular weight excluding hydrogens is 192 g/mol. The van der Waals surface area contributed by atoms with Gasteiger partial charge in [0, 0.05) is 23.9 Å². The Morgan fingerprint density at radius 2 is 2.13 bits per heavy atom. The smallest absolute Gasteiger partial charge is 0.251 e. The van der Waals surface area contributed by atoms with Crippen LogP contribution in [0.2, 0.25) is 0 Å². The number of aromatic amines is 1. The molecule has 1 heterocycles. The number of hydrogen-bond donors (Lipinski definition) is 2. The van der Waals surface area contributed by atoms with Gasteiger partial charge < -0.3 is 10.3 Å². The molecule has 0 unspecified atom stereocenters. The summed E-state index contributed by atoms with van der Waals surface area (Å²) in [4.78, 5) is 25.3. The normalized spacial score (nSPS) is 10.4. The SMILES string of the molecule is Cc1cc(C(=O)NCC(C)C)cc(=O)[nH]1. The summed E-state index contributed by atoms with van der Waals surface area (Å²) >= 11 is 0. The molecular formula is C11H16N2O2. The summed E-state index contributed by atoms with van der Waals surface area (Å²) in [5, 5.41) is 2.76. The number of amides is 1. The predicted octanol–water partition coefficient (Wildman–Crippen LogP) is 1.07. The van der Waals surface area contributed by atoms with Crippen LogP contribution in [0.3, 0.4) is 0 Å². The van der Waals surface area contributed by atoms with Crippen LogP contribution in [0, 0.1) is 12.8 Å². The van der Waals surface area contributed by atoms with Crippen molar-refractivity contribution >= 4 is 5.91 Å². The zero-order valence-corrected chi connectivity index (χ0v) is 9.26. The highest BCUT2D eigenvalue weighted by Crippen LogP contribution is 1.98. The van der Waals surface area contributed by atoms with Gasteiger partial charge in [-0.25, -0.2) is 0 Å². The van der Waals surface area contributed by atoms with E-state index in [0.717, 1.165) is 0 Å². The van der Waals surface area contributed by atoms with Crippen LogP contribution in [0.25, 0.3) is 0 Å². The molecule has 0 saturated carbocycles. The summed E-state index contributed by atoms with van der Waals surface area (Å²) < 4.78 is 0. The number of carbonyl (C=O) groups is 1. The minimum absolute atomic E-state index is 0.196. The maximum Gasteiger partial charge on any atom is 0.251 e. The molecule has 0 radical (unpaired) electrons. The molecule has 2 N–H and O–H groups in total. The van der Waals surface area contributed by atoms with E-state index >= 15 is 0 Å². The van der Waals surface area contributed by atoms with Crippen molar-refractivity contribution in [1.82, 2.24) is 10.3 Å². The molecule has 4 heteroatoms. The van der Waals surface area contributed by atoms with Crippen LogP contribution in [-0.4, -0.2) is 17.4 Å². The highest BCUT2D eigenvalue weighted by molar-refractivity contribution is 5.94.